The number of phosphoric acid groups is 1. The summed E-state index contributed by atoms with van der Waals surface area (Å²) in [4.78, 5) is 53.9. The predicted molar refractivity (Wildman–Crippen MR) is 133 cm³/mol. The van der Waals surface area contributed by atoms with Crippen LogP contribution in [0.3, 0.4) is 0 Å². The van der Waals surface area contributed by atoms with Crippen LogP contribution in [0.4, 0.5) is 26.3 Å². The second-order valence-corrected chi connectivity index (χ2v) is 9.60. The monoisotopic (exact) mass is 696 g/mol. The first-order chi connectivity index (χ1) is 19.7. The molecule has 3 aromatic heterocycles. The fourth-order valence-corrected chi connectivity index (χ4v) is 3.49. The average molecular weight is 697 g/mol. The molecule has 4 rings (SSSR count). The maximum Gasteiger partial charge on any atom is 1.00 e. The van der Waals surface area contributed by atoms with E-state index in [9.17, 15) is 35.9 Å². The number of amides is 1. The van der Waals surface area contributed by atoms with Crippen molar-refractivity contribution in [1.29, 1.82) is 0 Å². The van der Waals surface area contributed by atoms with Crippen molar-refractivity contribution < 1.29 is 102 Å². The van der Waals surface area contributed by atoms with E-state index in [1.165, 1.54) is 24.3 Å². The number of benzene rings is 1. The maximum absolute atomic E-state index is 13.5. The van der Waals surface area contributed by atoms with Crippen LogP contribution < -0.4 is 62.8 Å². The van der Waals surface area contributed by atoms with Crippen LogP contribution in [0.5, 0.6) is 0 Å². The van der Waals surface area contributed by atoms with E-state index in [4.69, 9.17) is 36.6 Å². The molecule has 0 unspecified atom stereocenters. The Morgan fingerprint density at radius 2 is 1.64 bits per heavy atom. The van der Waals surface area contributed by atoms with Gasteiger partial charge in [0.15, 0.2) is 17.5 Å². The minimum Gasteiger partial charge on any atom is -0.363 e. The predicted octanol–water partition coefficient (Wildman–Crippen LogP) is -0.651. The molecule has 232 valence electrons. The summed E-state index contributed by atoms with van der Waals surface area (Å²) in [5, 5.41) is 8.23. The van der Waals surface area contributed by atoms with E-state index in [2.05, 4.69) is 20.2 Å². The third-order valence-corrected chi connectivity index (χ3v) is 5.24. The molecule has 3 heterocycles. The summed E-state index contributed by atoms with van der Waals surface area (Å²) in [5.41, 5.74) is 3.26. The van der Waals surface area contributed by atoms with Gasteiger partial charge in [-0.2, -0.15) is 17.9 Å². The Morgan fingerprint density at radius 1 is 1.05 bits per heavy atom. The van der Waals surface area contributed by atoms with Crippen LogP contribution in [0.1, 0.15) is 22.0 Å². The molecular weight excluding hydrogens is 680 g/mol. The summed E-state index contributed by atoms with van der Waals surface area (Å²) in [5.74, 6) is -3.31. The van der Waals surface area contributed by atoms with E-state index in [-0.39, 0.29) is 75.0 Å². The number of rotatable bonds is 7. The van der Waals surface area contributed by atoms with Crippen LogP contribution in [-0.2, 0) is 23.8 Å². The Bertz CT molecular complexity index is 1710. The van der Waals surface area contributed by atoms with Gasteiger partial charge in [-0.05, 0) is 36.4 Å². The Kier molecular flexibility index (Phi) is 12.6. The van der Waals surface area contributed by atoms with Gasteiger partial charge in [0.1, 0.15) is 12.1 Å². The number of pyridine rings is 1. The van der Waals surface area contributed by atoms with Gasteiger partial charge in [0.2, 0.25) is 5.82 Å². The van der Waals surface area contributed by atoms with Gasteiger partial charge < -0.3 is 25.0 Å². The minimum absolute atomic E-state index is 0. The number of primary amides is 1. The summed E-state index contributed by atoms with van der Waals surface area (Å²) in [7, 11) is -4.64. The molecule has 0 bridgehead atoms. The van der Waals surface area contributed by atoms with Gasteiger partial charge in [0.05, 0.1) is 0 Å². The van der Waals surface area contributed by atoms with Crippen molar-refractivity contribution in [3.05, 3.63) is 81.7 Å². The van der Waals surface area contributed by atoms with Crippen LogP contribution in [0.15, 0.2) is 47.4 Å². The molecule has 0 spiro atoms. The van der Waals surface area contributed by atoms with Crippen molar-refractivity contribution >= 4 is 25.3 Å². The molecule has 44 heavy (non-hydrogen) atoms. The van der Waals surface area contributed by atoms with Gasteiger partial charge in [-0.15, -0.1) is 10.2 Å². The number of hydrogen-bond acceptors (Lipinski definition) is 7. The van der Waals surface area contributed by atoms with Crippen LogP contribution in [0.2, 0.25) is 5.02 Å². The summed E-state index contributed by atoms with van der Waals surface area (Å²) >= 11 is 5.85. The second kappa shape index (κ2) is 14.8. The largest absolute Gasteiger partial charge is 1.00 e. The standard InChI is InChI=1S/C21H14ClF6N8O2.K.H3O4P/c22-12-5-3-11(4-6-12)16-33-35(19(38)34(16)9-7-20(23,24)25)10-14-31-18(15(29)37)36(32-14)17-13(21(26,27)28)2-1-8-30-17;;1-5(2,3)4/h1-8H,9-10H2,(H2,29,37);;(H3,1,2,3,4)/q-1;+1;. The van der Waals surface area contributed by atoms with Crippen LogP contribution in [0, 0.1) is 6.42 Å². The molecule has 0 aliphatic carbocycles. The van der Waals surface area contributed by atoms with Crippen molar-refractivity contribution in [3.63, 3.8) is 0 Å². The van der Waals surface area contributed by atoms with Crippen molar-refractivity contribution in [2.24, 2.45) is 5.73 Å². The molecule has 0 saturated heterocycles. The van der Waals surface area contributed by atoms with Gasteiger partial charge in [0.25, 0.3) is 12.1 Å². The zero-order valence-corrected chi connectivity index (χ0v) is 26.7. The summed E-state index contributed by atoms with van der Waals surface area (Å²) < 4.78 is 89.8. The van der Waals surface area contributed by atoms with Gasteiger partial charge >= 0.3 is 71.1 Å². The molecule has 0 fully saturated rings. The summed E-state index contributed by atoms with van der Waals surface area (Å²) in [6.07, 6.45) is -8.60. The van der Waals surface area contributed by atoms with Gasteiger partial charge in [0, 0.05) is 16.8 Å². The maximum atomic E-state index is 13.5. The number of alkyl halides is 6. The van der Waals surface area contributed by atoms with Crippen molar-refractivity contribution in [1.82, 2.24) is 34.1 Å². The van der Waals surface area contributed by atoms with Crippen molar-refractivity contribution in [2.75, 3.05) is 0 Å². The summed E-state index contributed by atoms with van der Waals surface area (Å²) in [6, 6.07) is 7.46. The first-order valence-corrected chi connectivity index (χ1v) is 13.1. The van der Waals surface area contributed by atoms with Crippen LogP contribution >= 0.6 is 19.4 Å². The van der Waals surface area contributed by atoms with Crippen molar-refractivity contribution in [2.45, 2.75) is 25.4 Å². The summed E-state index contributed by atoms with van der Waals surface area (Å²) in [6.45, 7) is -1.52. The van der Waals surface area contributed by atoms with E-state index in [0.717, 1.165) is 16.8 Å². The van der Waals surface area contributed by atoms with Gasteiger partial charge in [-0.3, -0.25) is 4.79 Å². The van der Waals surface area contributed by atoms with Gasteiger partial charge in [-0.1, -0.05) is 18.1 Å². The molecule has 0 aliphatic heterocycles. The molecule has 1 amide bonds. The van der Waals surface area contributed by atoms with E-state index >= 15 is 0 Å². The van der Waals surface area contributed by atoms with E-state index in [1.807, 2.05) is 0 Å². The molecule has 14 nitrogen and oxygen atoms in total. The Labute approximate surface area is 289 Å². The van der Waals surface area contributed by atoms with E-state index < -0.39 is 62.1 Å². The molecule has 23 heteroatoms. The molecule has 0 saturated carbocycles. The SMILES string of the molecule is NC(=O)c1nc(Cn2nc(-c3ccc(Cl)cc3)n(C[CH-]C(F)(F)F)c2=O)nn1-c1ncccc1C(F)(F)F.O=P(O)(O)O.[K+]. The zero-order chi connectivity index (χ0) is 32.3. The molecule has 4 aromatic rings. The van der Waals surface area contributed by atoms with E-state index in [1.54, 1.807) is 0 Å². The Balaban J connectivity index is 0.00000104. The quantitative estimate of drug-likeness (QED) is 0.0832. The number of carbonyl (C=O) groups is 1. The number of nitrogens with two attached hydrogens (primary N) is 1. The number of nitrogens with zero attached hydrogens (tertiary/aromatic N) is 7. The Morgan fingerprint density at radius 3 is 2.16 bits per heavy atom. The Hall–Kier alpha value is -2.46. The normalized spacial score (nSPS) is 11.9. The third-order valence-electron chi connectivity index (χ3n) is 4.99. The average Bonchev–Trinajstić information content (AvgIpc) is 3.43. The zero-order valence-electron chi connectivity index (χ0n) is 21.9. The second-order valence-electron chi connectivity index (χ2n) is 8.14. The van der Waals surface area contributed by atoms with Crippen LogP contribution in [-0.4, -0.2) is 60.9 Å². The molecule has 1 aromatic carbocycles. The van der Waals surface area contributed by atoms with E-state index in [0.29, 0.717) is 20.5 Å². The van der Waals surface area contributed by atoms with Crippen molar-refractivity contribution in [3.8, 4) is 17.2 Å². The topological polar surface area (TPSA) is 204 Å². The third kappa shape index (κ3) is 10.6. The number of aromatic nitrogens is 7. The molecule has 0 aliphatic rings. The molecule has 0 atom stereocenters. The smallest absolute Gasteiger partial charge is 0.363 e. The molecule has 0 radical (unpaired) electrons. The minimum atomic E-state index is -4.87. The molecular formula is C21H17ClF6KN8O6P. The van der Waals surface area contributed by atoms with Crippen LogP contribution in [0.25, 0.3) is 17.2 Å². The fourth-order valence-electron chi connectivity index (χ4n) is 3.37. The fraction of sp³-hybridized carbons (Fsp3) is 0.190. The first-order valence-electron chi connectivity index (χ1n) is 11.2. The first kappa shape index (κ1) is 37.7. The number of carbonyl (C=O) groups excluding carboxylic acids is 1. The number of halogens is 7. The van der Waals surface area contributed by atoms with Gasteiger partial charge in [-0.25, -0.2) is 43.6 Å². The number of hydrogen-bond donors (Lipinski definition) is 4. The molecule has 5 N–H and O–H groups in total.